The Morgan fingerprint density at radius 2 is 2.15 bits per heavy atom. The van der Waals surface area contributed by atoms with Gasteiger partial charge in [0, 0.05) is 11.0 Å². The normalized spacial score (nSPS) is 10.3. The highest BCUT2D eigenvalue weighted by atomic mass is 79.9. The van der Waals surface area contributed by atoms with Crippen LogP contribution in [0.4, 0.5) is 10.2 Å². The van der Waals surface area contributed by atoms with E-state index in [4.69, 9.17) is 4.74 Å². The SMILES string of the molecule is CCCNc1cccc(COc2ccc(Br)cc2F)n1. The third-order valence-corrected chi connectivity index (χ3v) is 3.13. The number of benzene rings is 1. The molecule has 0 aliphatic heterocycles. The maximum atomic E-state index is 13.6. The van der Waals surface area contributed by atoms with E-state index in [1.54, 1.807) is 12.1 Å². The van der Waals surface area contributed by atoms with Gasteiger partial charge in [0.15, 0.2) is 11.6 Å². The summed E-state index contributed by atoms with van der Waals surface area (Å²) in [6.07, 6.45) is 1.03. The lowest BCUT2D eigenvalue weighted by Gasteiger charge is -2.09. The summed E-state index contributed by atoms with van der Waals surface area (Å²) in [5.74, 6) is 0.644. The van der Waals surface area contributed by atoms with Crippen molar-refractivity contribution in [2.75, 3.05) is 11.9 Å². The number of hydrogen-bond acceptors (Lipinski definition) is 3. The van der Waals surface area contributed by atoms with Crippen LogP contribution >= 0.6 is 15.9 Å². The molecule has 106 valence electrons. The van der Waals surface area contributed by atoms with E-state index in [0.29, 0.717) is 4.47 Å². The predicted octanol–water partition coefficient (Wildman–Crippen LogP) is 4.38. The summed E-state index contributed by atoms with van der Waals surface area (Å²) in [5, 5.41) is 3.20. The molecule has 1 heterocycles. The zero-order valence-corrected chi connectivity index (χ0v) is 12.8. The lowest BCUT2D eigenvalue weighted by atomic mass is 10.3. The zero-order valence-electron chi connectivity index (χ0n) is 11.2. The summed E-state index contributed by atoms with van der Waals surface area (Å²) in [7, 11) is 0. The van der Waals surface area contributed by atoms with Gasteiger partial charge in [0.2, 0.25) is 0 Å². The maximum absolute atomic E-state index is 13.6. The molecular formula is C15H16BrFN2O. The number of halogens is 2. The second kappa shape index (κ2) is 7.24. The lowest BCUT2D eigenvalue weighted by Crippen LogP contribution is -2.05. The van der Waals surface area contributed by atoms with Gasteiger partial charge in [-0.1, -0.05) is 28.9 Å². The minimum Gasteiger partial charge on any atom is -0.484 e. The molecule has 0 unspecified atom stereocenters. The third-order valence-electron chi connectivity index (χ3n) is 2.63. The second-order valence-electron chi connectivity index (χ2n) is 4.30. The molecule has 5 heteroatoms. The average Bonchev–Trinajstić information content (AvgIpc) is 2.45. The summed E-state index contributed by atoms with van der Waals surface area (Å²) in [6.45, 7) is 3.20. The molecule has 1 aromatic carbocycles. The fraction of sp³-hybridized carbons (Fsp3) is 0.267. The molecule has 0 aliphatic carbocycles. The van der Waals surface area contributed by atoms with Gasteiger partial charge in [-0.15, -0.1) is 0 Å². The molecule has 2 aromatic rings. The Morgan fingerprint density at radius 3 is 2.90 bits per heavy atom. The van der Waals surface area contributed by atoms with Crippen LogP contribution in [0.15, 0.2) is 40.9 Å². The number of anilines is 1. The van der Waals surface area contributed by atoms with Gasteiger partial charge in [-0.3, -0.25) is 0 Å². The molecule has 0 radical (unpaired) electrons. The Balaban J connectivity index is 1.99. The van der Waals surface area contributed by atoms with Gasteiger partial charge >= 0.3 is 0 Å². The van der Waals surface area contributed by atoms with Crippen molar-refractivity contribution in [2.45, 2.75) is 20.0 Å². The van der Waals surface area contributed by atoms with E-state index in [1.807, 2.05) is 18.2 Å². The van der Waals surface area contributed by atoms with Crippen LogP contribution < -0.4 is 10.1 Å². The molecule has 0 atom stereocenters. The van der Waals surface area contributed by atoms with E-state index in [1.165, 1.54) is 6.07 Å². The molecule has 3 nitrogen and oxygen atoms in total. The first-order valence-corrected chi connectivity index (χ1v) is 7.26. The Labute approximate surface area is 126 Å². The molecular weight excluding hydrogens is 323 g/mol. The Bertz CT molecular complexity index is 578. The molecule has 0 saturated heterocycles. The summed E-state index contributed by atoms with van der Waals surface area (Å²) in [5.41, 5.74) is 0.758. The molecule has 0 aliphatic rings. The highest BCUT2D eigenvalue weighted by Gasteiger charge is 2.05. The lowest BCUT2D eigenvalue weighted by molar-refractivity contribution is 0.286. The minimum atomic E-state index is -0.389. The summed E-state index contributed by atoms with van der Waals surface area (Å²) >= 11 is 3.21. The van der Waals surface area contributed by atoms with Gasteiger partial charge in [0.1, 0.15) is 12.4 Å². The van der Waals surface area contributed by atoms with Gasteiger partial charge < -0.3 is 10.1 Å². The number of nitrogens with zero attached hydrogens (tertiary/aromatic N) is 1. The Hall–Kier alpha value is -1.62. The first-order chi connectivity index (χ1) is 9.69. The number of pyridine rings is 1. The van der Waals surface area contributed by atoms with Crippen LogP contribution in [0.2, 0.25) is 0 Å². The van der Waals surface area contributed by atoms with Crippen LogP contribution in [0, 0.1) is 5.82 Å². The highest BCUT2D eigenvalue weighted by Crippen LogP contribution is 2.22. The molecule has 0 bridgehead atoms. The number of aromatic nitrogens is 1. The van der Waals surface area contributed by atoms with Crippen molar-refractivity contribution in [1.82, 2.24) is 4.98 Å². The van der Waals surface area contributed by atoms with E-state index in [0.717, 1.165) is 24.5 Å². The smallest absolute Gasteiger partial charge is 0.166 e. The molecule has 0 spiro atoms. The van der Waals surface area contributed by atoms with E-state index in [9.17, 15) is 4.39 Å². The number of rotatable bonds is 6. The van der Waals surface area contributed by atoms with Crippen molar-refractivity contribution in [3.8, 4) is 5.75 Å². The van der Waals surface area contributed by atoms with Crippen LogP contribution in [-0.2, 0) is 6.61 Å². The minimum absolute atomic E-state index is 0.224. The van der Waals surface area contributed by atoms with Crippen molar-refractivity contribution >= 4 is 21.7 Å². The van der Waals surface area contributed by atoms with Gasteiger partial charge in [0.05, 0.1) is 5.69 Å². The van der Waals surface area contributed by atoms with Gasteiger partial charge in [-0.2, -0.15) is 0 Å². The zero-order chi connectivity index (χ0) is 14.4. The van der Waals surface area contributed by atoms with Crippen molar-refractivity contribution in [3.05, 3.63) is 52.4 Å². The molecule has 0 amide bonds. The quantitative estimate of drug-likeness (QED) is 0.848. The Morgan fingerprint density at radius 1 is 1.30 bits per heavy atom. The molecule has 1 aromatic heterocycles. The third kappa shape index (κ3) is 4.20. The standard InChI is InChI=1S/C15H16BrFN2O/c1-2-8-18-15-5-3-4-12(19-15)10-20-14-7-6-11(16)9-13(14)17/h3-7,9H,2,8,10H2,1H3,(H,18,19). The molecule has 0 fully saturated rings. The molecule has 1 N–H and O–H groups in total. The van der Waals surface area contributed by atoms with Gasteiger partial charge in [0.25, 0.3) is 0 Å². The monoisotopic (exact) mass is 338 g/mol. The molecule has 2 rings (SSSR count). The van der Waals surface area contributed by atoms with Crippen molar-refractivity contribution in [1.29, 1.82) is 0 Å². The van der Waals surface area contributed by atoms with E-state index >= 15 is 0 Å². The number of ether oxygens (including phenoxy) is 1. The van der Waals surface area contributed by atoms with Gasteiger partial charge in [-0.25, -0.2) is 9.37 Å². The maximum Gasteiger partial charge on any atom is 0.166 e. The van der Waals surface area contributed by atoms with Crippen LogP contribution in [0.25, 0.3) is 0 Å². The predicted molar refractivity (Wildman–Crippen MR) is 81.4 cm³/mol. The summed E-state index contributed by atoms with van der Waals surface area (Å²) in [6, 6.07) is 10.4. The summed E-state index contributed by atoms with van der Waals surface area (Å²) < 4.78 is 19.7. The first kappa shape index (κ1) is 14.8. The van der Waals surface area contributed by atoms with Crippen LogP contribution in [-0.4, -0.2) is 11.5 Å². The van der Waals surface area contributed by atoms with E-state index in [2.05, 4.69) is 33.2 Å². The Kier molecular flexibility index (Phi) is 5.35. The van der Waals surface area contributed by atoms with Crippen LogP contribution in [0.3, 0.4) is 0 Å². The fourth-order valence-corrected chi connectivity index (χ4v) is 1.99. The number of nitrogens with one attached hydrogen (secondary N) is 1. The van der Waals surface area contributed by atoms with Crippen molar-refractivity contribution in [2.24, 2.45) is 0 Å². The van der Waals surface area contributed by atoms with Gasteiger partial charge in [-0.05, 0) is 36.8 Å². The van der Waals surface area contributed by atoms with Crippen LogP contribution in [0.1, 0.15) is 19.0 Å². The fourth-order valence-electron chi connectivity index (χ4n) is 1.66. The molecule has 0 saturated carbocycles. The van der Waals surface area contributed by atoms with E-state index in [-0.39, 0.29) is 18.2 Å². The summed E-state index contributed by atoms with van der Waals surface area (Å²) in [4.78, 5) is 4.40. The van der Waals surface area contributed by atoms with Crippen molar-refractivity contribution in [3.63, 3.8) is 0 Å². The topological polar surface area (TPSA) is 34.1 Å². The highest BCUT2D eigenvalue weighted by molar-refractivity contribution is 9.10. The van der Waals surface area contributed by atoms with E-state index < -0.39 is 0 Å². The van der Waals surface area contributed by atoms with Crippen molar-refractivity contribution < 1.29 is 9.13 Å². The number of hydrogen-bond donors (Lipinski definition) is 1. The second-order valence-corrected chi connectivity index (χ2v) is 5.22. The molecule has 20 heavy (non-hydrogen) atoms. The average molecular weight is 339 g/mol. The largest absolute Gasteiger partial charge is 0.484 e. The van der Waals surface area contributed by atoms with Crippen LogP contribution in [0.5, 0.6) is 5.75 Å². The first-order valence-electron chi connectivity index (χ1n) is 6.46.